The Morgan fingerprint density at radius 2 is 1.81 bits per heavy atom. The van der Waals surface area contributed by atoms with E-state index >= 15 is 0 Å². The maximum Gasteiger partial charge on any atom is 0.312 e. The average molecular weight is 447 g/mol. The summed E-state index contributed by atoms with van der Waals surface area (Å²) in [6.45, 7) is -0.541. The lowest BCUT2D eigenvalue weighted by Crippen LogP contribution is -2.37. The highest BCUT2D eigenvalue weighted by Crippen LogP contribution is 2.20. The van der Waals surface area contributed by atoms with Crippen LogP contribution in [0.2, 0.25) is 5.02 Å². The van der Waals surface area contributed by atoms with Gasteiger partial charge in [-0.2, -0.15) is 5.26 Å². The molecule has 0 saturated heterocycles. The van der Waals surface area contributed by atoms with Gasteiger partial charge in [-0.3, -0.25) is 9.59 Å². The van der Waals surface area contributed by atoms with Crippen LogP contribution >= 0.6 is 11.6 Å². The lowest BCUT2D eigenvalue weighted by atomic mass is 10.0. The molecule has 0 radical (unpaired) electrons. The molecule has 162 valence electrons. The van der Waals surface area contributed by atoms with Crippen molar-refractivity contribution in [3.05, 3.63) is 64.9 Å². The van der Waals surface area contributed by atoms with E-state index in [1.54, 1.807) is 24.3 Å². The molecule has 0 spiro atoms. The Morgan fingerprint density at radius 3 is 2.39 bits per heavy atom. The Bertz CT molecular complexity index is 961. The minimum absolute atomic E-state index is 0.0399. The number of halogens is 2. The van der Waals surface area contributed by atoms with E-state index in [1.165, 1.54) is 29.2 Å². The molecule has 31 heavy (non-hydrogen) atoms. The fraction of sp³-hybridized carbons (Fsp3) is 0.238. The maximum absolute atomic E-state index is 13.2. The number of primary amides is 1. The summed E-state index contributed by atoms with van der Waals surface area (Å²) < 4.78 is 18.2. The van der Waals surface area contributed by atoms with Gasteiger partial charge >= 0.3 is 12.0 Å². The smallest absolute Gasteiger partial charge is 0.312 e. The molecule has 10 heteroatoms. The lowest BCUT2D eigenvalue weighted by Gasteiger charge is -2.22. The largest absolute Gasteiger partial charge is 0.455 e. The van der Waals surface area contributed by atoms with Gasteiger partial charge in [-0.25, -0.2) is 9.18 Å². The molecule has 0 aliphatic heterocycles. The molecule has 3 amide bonds. The van der Waals surface area contributed by atoms with Gasteiger partial charge in [0.1, 0.15) is 5.82 Å². The van der Waals surface area contributed by atoms with Gasteiger partial charge in [-0.05, 0) is 42.0 Å². The van der Waals surface area contributed by atoms with Gasteiger partial charge in [0.15, 0.2) is 6.61 Å². The fourth-order valence-corrected chi connectivity index (χ4v) is 2.87. The van der Waals surface area contributed by atoms with E-state index in [0.29, 0.717) is 16.3 Å². The van der Waals surface area contributed by atoms with E-state index in [0.717, 1.165) is 0 Å². The number of hydrogen-bond acceptors (Lipinski definition) is 5. The average Bonchev–Trinajstić information content (AvgIpc) is 2.73. The summed E-state index contributed by atoms with van der Waals surface area (Å²) in [5, 5.41) is 11.7. The fourth-order valence-electron chi connectivity index (χ4n) is 2.75. The molecule has 0 unspecified atom stereocenters. The Kier molecular flexibility index (Phi) is 8.78. The summed E-state index contributed by atoms with van der Waals surface area (Å²) in [6.07, 6.45) is -0.231. The van der Waals surface area contributed by atoms with Crippen LogP contribution in [0, 0.1) is 17.1 Å². The molecule has 0 aliphatic rings. The standard InChI is InChI=1S/C21H20ClFN4O4/c22-15-4-2-14(3-5-15)18(26-21(25)30)12-20(29)31-13-19(28)27(11-1-10-24)17-8-6-16(23)7-9-17/h2-9,18H,1,11-13H2,(H3,25,26,30)/t18-/m1/s1. The van der Waals surface area contributed by atoms with Crippen LogP contribution in [0.3, 0.4) is 0 Å². The molecular weight excluding hydrogens is 427 g/mol. The minimum Gasteiger partial charge on any atom is -0.455 e. The third-order valence-corrected chi connectivity index (χ3v) is 4.45. The maximum atomic E-state index is 13.2. The molecule has 2 aromatic rings. The summed E-state index contributed by atoms with van der Waals surface area (Å²) in [7, 11) is 0. The summed E-state index contributed by atoms with van der Waals surface area (Å²) >= 11 is 5.85. The summed E-state index contributed by atoms with van der Waals surface area (Å²) in [6, 6.07) is 11.9. The summed E-state index contributed by atoms with van der Waals surface area (Å²) in [5.41, 5.74) is 6.12. The zero-order valence-electron chi connectivity index (χ0n) is 16.4. The lowest BCUT2D eigenvalue weighted by molar-refractivity contribution is -0.148. The van der Waals surface area contributed by atoms with Gasteiger partial charge in [-0.15, -0.1) is 0 Å². The Hall–Kier alpha value is -3.64. The van der Waals surface area contributed by atoms with Crippen molar-refractivity contribution in [3.8, 4) is 6.07 Å². The number of ether oxygens (including phenoxy) is 1. The number of benzene rings is 2. The second kappa shape index (κ2) is 11.5. The molecule has 2 rings (SSSR count). The number of nitrogens with zero attached hydrogens (tertiary/aromatic N) is 2. The van der Waals surface area contributed by atoms with Gasteiger partial charge in [0.2, 0.25) is 0 Å². The van der Waals surface area contributed by atoms with Gasteiger partial charge in [0.25, 0.3) is 5.91 Å². The summed E-state index contributed by atoms with van der Waals surface area (Å²) in [5.74, 6) is -1.81. The molecule has 0 aliphatic carbocycles. The van der Waals surface area contributed by atoms with Crippen LogP contribution in [0.25, 0.3) is 0 Å². The molecule has 0 fully saturated rings. The van der Waals surface area contributed by atoms with Crippen molar-refractivity contribution in [1.82, 2.24) is 5.32 Å². The molecule has 2 aromatic carbocycles. The SMILES string of the molecule is N#CCCN(C(=O)COC(=O)C[C@@H](NC(N)=O)c1ccc(Cl)cc1)c1ccc(F)cc1. The van der Waals surface area contributed by atoms with Crippen molar-refractivity contribution in [2.45, 2.75) is 18.9 Å². The van der Waals surface area contributed by atoms with Gasteiger partial charge in [0, 0.05) is 17.3 Å². The third kappa shape index (κ3) is 7.60. The van der Waals surface area contributed by atoms with Crippen molar-refractivity contribution in [2.24, 2.45) is 5.73 Å². The van der Waals surface area contributed by atoms with Gasteiger partial charge in [0.05, 0.1) is 25.0 Å². The van der Waals surface area contributed by atoms with Crippen LogP contribution in [-0.4, -0.2) is 31.1 Å². The van der Waals surface area contributed by atoms with E-state index in [4.69, 9.17) is 27.3 Å². The molecule has 8 nitrogen and oxygen atoms in total. The number of nitrogens with one attached hydrogen (secondary N) is 1. The highest BCUT2D eigenvalue weighted by molar-refractivity contribution is 6.30. The first-order valence-corrected chi connectivity index (χ1v) is 9.58. The monoisotopic (exact) mass is 446 g/mol. The first kappa shape index (κ1) is 23.6. The van der Waals surface area contributed by atoms with Crippen LogP contribution in [-0.2, 0) is 14.3 Å². The quantitative estimate of drug-likeness (QED) is 0.572. The molecule has 1 atom stereocenters. The third-order valence-electron chi connectivity index (χ3n) is 4.20. The Labute approximate surface area is 183 Å². The number of rotatable bonds is 9. The number of hydrogen-bond donors (Lipinski definition) is 2. The number of nitrogens with two attached hydrogens (primary N) is 1. The highest BCUT2D eigenvalue weighted by atomic mass is 35.5. The van der Waals surface area contributed by atoms with Crippen molar-refractivity contribution < 1.29 is 23.5 Å². The molecule has 3 N–H and O–H groups in total. The van der Waals surface area contributed by atoms with Crippen LogP contribution in [0.15, 0.2) is 48.5 Å². The van der Waals surface area contributed by atoms with Crippen LogP contribution in [0.1, 0.15) is 24.4 Å². The van der Waals surface area contributed by atoms with Gasteiger partial charge < -0.3 is 20.7 Å². The molecular formula is C21H20ClFN4O4. The number of carbonyl (C=O) groups is 3. The molecule has 0 heterocycles. The van der Waals surface area contributed by atoms with Crippen molar-refractivity contribution in [1.29, 1.82) is 5.26 Å². The number of anilines is 1. The van der Waals surface area contributed by atoms with Crippen LogP contribution < -0.4 is 16.0 Å². The number of esters is 1. The van der Waals surface area contributed by atoms with E-state index in [-0.39, 0.29) is 19.4 Å². The van der Waals surface area contributed by atoms with Crippen molar-refractivity contribution in [2.75, 3.05) is 18.1 Å². The normalized spacial score (nSPS) is 11.1. The predicted octanol–water partition coefficient (Wildman–Crippen LogP) is 3.07. The number of carbonyl (C=O) groups excluding carboxylic acids is 3. The first-order chi connectivity index (χ1) is 14.8. The molecule has 0 saturated carbocycles. The minimum atomic E-state index is -0.831. The van der Waals surface area contributed by atoms with E-state index in [9.17, 15) is 18.8 Å². The summed E-state index contributed by atoms with van der Waals surface area (Å²) in [4.78, 5) is 37.4. The second-order valence-corrected chi connectivity index (χ2v) is 6.84. The Morgan fingerprint density at radius 1 is 1.16 bits per heavy atom. The molecule has 0 bridgehead atoms. The zero-order valence-corrected chi connectivity index (χ0v) is 17.1. The Balaban J connectivity index is 2.02. The first-order valence-electron chi connectivity index (χ1n) is 9.20. The topological polar surface area (TPSA) is 126 Å². The van der Waals surface area contributed by atoms with E-state index < -0.39 is 36.4 Å². The van der Waals surface area contributed by atoms with E-state index in [2.05, 4.69) is 5.32 Å². The van der Waals surface area contributed by atoms with Crippen LogP contribution in [0.5, 0.6) is 0 Å². The van der Waals surface area contributed by atoms with Gasteiger partial charge in [-0.1, -0.05) is 23.7 Å². The predicted molar refractivity (Wildman–Crippen MR) is 111 cm³/mol. The van der Waals surface area contributed by atoms with Crippen molar-refractivity contribution >= 4 is 35.2 Å². The zero-order chi connectivity index (χ0) is 22.8. The number of amides is 3. The second-order valence-electron chi connectivity index (χ2n) is 6.41. The molecule has 0 aromatic heterocycles. The van der Waals surface area contributed by atoms with Crippen LogP contribution in [0.4, 0.5) is 14.9 Å². The number of nitriles is 1. The van der Waals surface area contributed by atoms with E-state index in [1.807, 2.05) is 6.07 Å². The number of urea groups is 1. The van der Waals surface area contributed by atoms with Crippen molar-refractivity contribution in [3.63, 3.8) is 0 Å². The highest BCUT2D eigenvalue weighted by Gasteiger charge is 2.21.